The highest BCUT2D eigenvalue weighted by molar-refractivity contribution is 5.85. The molecule has 7 heteroatoms. The van der Waals surface area contributed by atoms with Crippen molar-refractivity contribution in [2.24, 2.45) is 0 Å². The van der Waals surface area contributed by atoms with Crippen LogP contribution in [0.25, 0.3) is 0 Å². The third kappa shape index (κ3) is 5.39. The van der Waals surface area contributed by atoms with Crippen LogP contribution in [0.15, 0.2) is 24.3 Å². The third-order valence-corrected chi connectivity index (χ3v) is 3.46. The quantitative estimate of drug-likeness (QED) is 0.841. The number of rotatable bonds is 6. The number of piperazine rings is 1. The summed E-state index contributed by atoms with van der Waals surface area (Å²) in [6, 6.07) is 6.78. The summed E-state index contributed by atoms with van der Waals surface area (Å²) in [6.45, 7) is 0.800. The van der Waals surface area contributed by atoms with Crippen LogP contribution in [0.2, 0.25) is 0 Å². The van der Waals surface area contributed by atoms with E-state index < -0.39 is 6.61 Å². The first-order chi connectivity index (χ1) is 9.70. The maximum atomic E-state index is 12.3. The number of halogens is 3. The summed E-state index contributed by atoms with van der Waals surface area (Å²) in [6.07, 6.45) is 0.581. The molecular weight excluding hydrogens is 302 g/mol. The molecular formula is C14H21ClF2N2O2. The van der Waals surface area contributed by atoms with Gasteiger partial charge in [-0.3, -0.25) is 4.90 Å². The minimum absolute atomic E-state index is 0. The molecule has 1 atom stereocenters. The van der Waals surface area contributed by atoms with Crippen LogP contribution >= 0.6 is 12.4 Å². The zero-order valence-corrected chi connectivity index (χ0v) is 12.5. The van der Waals surface area contributed by atoms with Crippen LogP contribution in [0.5, 0.6) is 5.75 Å². The lowest BCUT2D eigenvalue weighted by atomic mass is 10.0. The molecule has 0 aromatic heterocycles. The summed E-state index contributed by atoms with van der Waals surface area (Å²) in [5, 5.41) is 12.5. The Morgan fingerprint density at radius 2 is 2.00 bits per heavy atom. The normalized spacial score (nSPS) is 17.3. The van der Waals surface area contributed by atoms with Gasteiger partial charge in [-0.2, -0.15) is 8.78 Å². The number of hydrogen-bond donors (Lipinski definition) is 2. The second-order valence-corrected chi connectivity index (χ2v) is 4.77. The highest BCUT2D eigenvalue weighted by atomic mass is 35.5. The van der Waals surface area contributed by atoms with Crippen LogP contribution in [0.4, 0.5) is 8.78 Å². The second kappa shape index (κ2) is 9.15. The van der Waals surface area contributed by atoms with Crippen molar-refractivity contribution in [3.05, 3.63) is 29.8 Å². The van der Waals surface area contributed by atoms with E-state index in [0.717, 1.165) is 31.7 Å². The van der Waals surface area contributed by atoms with Gasteiger partial charge in [0.2, 0.25) is 0 Å². The van der Waals surface area contributed by atoms with Gasteiger partial charge < -0.3 is 15.2 Å². The van der Waals surface area contributed by atoms with E-state index in [1.807, 2.05) is 6.07 Å². The van der Waals surface area contributed by atoms with Gasteiger partial charge in [-0.25, -0.2) is 0 Å². The van der Waals surface area contributed by atoms with E-state index in [9.17, 15) is 13.9 Å². The molecule has 21 heavy (non-hydrogen) atoms. The maximum absolute atomic E-state index is 12.3. The Morgan fingerprint density at radius 1 is 1.29 bits per heavy atom. The third-order valence-electron chi connectivity index (χ3n) is 3.46. The standard InChI is InChI=1S/C14H20F2N2O2.ClH/c15-14(16)20-12-3-1-2-11(10-12)13(4-9-19)18-7-5-17-6-8-18;/h1-3,10,13-14,17,19H,4-9H2;1H/t13-;/m1./s1. The summed E-state index contributed by atoms with van der Waals surface area (Å²) in [4.78, 5) is 2.26. The minimum Gasteiger partial charge on any atom is -0.435 e. The van der Waals surface area contributed by atoms with Crippen molar-refractivity contribution in [2.75, 3.05) is 32.8 Å². The number of aliphatic hydroxyl groups excluding tert-OH is 1. The summed E-state index contributed by atoms with van der Waals surface area (Å²) in [5.74, 6) is 0.163. The van der Waals surface area contributed by atoms with E-state index in [0.29, 0.717) is 6.42 Å². The molecule has 0 radical (unpaired) electrons. The van der Waals surface area contributed by atoms with Crippen molar-refractivity contribution >= 4 is 12.4 Å². The zero-order chi connectivity index (χ0) is 14.4. The van der Waals surface area contributed by atoms with Crippen molar-refractivity contribution in [2.45, 2.75) is 19.1 Å². The molecule has 2 N–H and O–H groups in total. The predicted octanol–water partition coefficient (Wildman–Crippen LogP) is 2.04. The molecule has 0 amide bonds. The molecule has 4 nitrogen and oxygen atoms in total. The average molecular weight is 323 g/mol. The van der Waals surface area contributed by atoms with Crippen LogP contribution in [0.3, 0.4) is 0 Å². The Hall–Kier alpha value is -0.950. The molecule has 1 fully saturated rings. The topological polar surface area (TPSA) is 44.7 Å². The molecule has 0 bridgehead atoms. The van der Waals surface area contributed by atoms with Crippen LogP contribution in [0, 0.1) is 0 Å². The van der Waals surface area contributed by atoms with Crippen molar-refractivity contribution in [1.29, 1.82) is 0 Å². The first kappa shape index (κ1) is 18.1. The fraction of sp³-hybridized carbons (Fsp3) is 0.571. The summed E-state index contributed by atoms with van der Waals surface area (Å²) < 4.78 is 29.0. The van der Waals surface area contributed by atoms with Crippen LogP contribution in [0.1, 0.15) is 18.0 Å². The molecule has 1 aliphatic heterocycles. The van der Waals surface area contributed by atoms with Gasteiger partial charge in [0.1, 0.15) is 5.75 Å². The number of nitrogens with zero attached hydrogens (tertiary/aromatic N) is 1. The molecule has 1 aromatic rings. The van der Waals surface area contributed by atoms with E-state index in [2.05, 4.69) is 15.0 Å². The van der Waals surface area contributed by atoms with Gasteiger partial charge in [0.25, 0.3) is 0 Å². The van der Waals surface area contributed by atoms with E-state index in [4.69, 9.17) is 0 Å². The zero-order valence-electron chi connectivity index (χ0n) is 11.7. The number of nitrogens with one attached hydrogen (secondary N) is 1. The molecule has 1 heterocycles. The maximum Gasteiger partial charge on any atom is 0.387 e. The second-order valence-electron chi connectivity index (χ2n) is 4.77. The molecule has 0 unspecified atom stereocenters. The first-order valence-electron chi connectivity index (χ1n) is 6.81. The van der Waals surface area contributed by atoms with Gasteiger partial charge in [0.05, 0.1) is 0 Å². The van der Waals surface area contributed by atoms with E-state index >= 15 is 0 Å². The lowest BCUT2D eigenvalue weighted by molar-refractivity contribution is -0.0499. The number of hydrogen-bond acceptors (Lipinski definition) is 4. The van der Waals surface area contributed by atoms with Gasteiger partial charge >= 0.3 is 6.61 Å². The van der Waals surface area contributed by atoms with E-state index in [1.165, 1.54) is 6.07 Å². The fourth-order valence-electron chi connectivity index (χ4n) is 2.57. The van der Waals surface area contributed by atoms with Gasteiger partial charge in [0.15, 0.2) is 0 Å². The summed E-state index contributed by atoms with van der Waals surface area (Å²) >= 11 is 0. The van der Waals surface area contributed by atoms with Gasteiger partial charge in [-0.05, 0) is 24.1 Å². The minimum atomic E-state index is -2.82. The summed E-state index contributed by atoms with van der Waals surface area (Å²) in [7, 11) is 0. The highest BCUT2D eigenvalue weighted by Gasteiger charge is 2.22. The van der Waals surface area contributed by atoms with Crippen molar-refractivity contribution in [3.8, 4) is 5.75 Å². The molecule has 0 spiro atoms. The Labute approximate surface area is 129 Å². The smallest absolute Gasteiger partial charge is 0.387 e. The van der Waals surface area contributed by atoms with Crippen molar-refractivity contribution < 1.29 is 18.6 Å². The Balaban J connectivity index is 0.00000220. The number of alkyl halides is 2. The fourth-order valence-corrected chi connectivity index (χ4v) is 2.57. The number of aliphatic hydroxyl groups is 1. The lowest BCUT2D eigenvalue weighted by Crippen LogP contribution is -2.45. The van der Waals surface area contributed by atoms with E-state index in [1.54, 1.807) is 12.1 Å². The van der Waals surface area contributed by atoms with Crippen LogP contribution < -0.4 is 10.1 Å². The molecule has 0 saturated carbocycles. The Kier molecular flexibility index (Phi) is 7.88. The number of ether oxygens (including phenoxy) is 1. The largest absolute Gasteiger partial charge is 0.435 e. The predicted molar refractivity (Wildman–Crippen MR) is 79.2 cm³/mol. The SMILES string of the molecule is Cl.OCC[C@H](c1cccc(OC(F)F)c1)N1CCNCC1. The van der Waals surface area contributed by atoms with Gasteiger partial charge in [-0.1, -0.05) is 12.1 Å². The Morgan fingerprint density at radius 3 is 2.62 bits per heavy atom. The lowest BCUT2D eigenvalue weighted by Gasteiger charge is -2.35. The molecule has 120 valence electrons. The Bertz CT molecular complexity index is 418. The molecule has 0 aliphatic carbocycles. The van der Waals surface area contributed by atoms with Gasteiger partial charge in [-0.15, -0.1) is 12.4 Å². The number of benzene rings is 1. The molecule has 1 saturated heterocycles. The molecule has 1 aliphatic rings. The monoisotopic (exact) mass is 322 g/mol. The van der Waals surface area contributed by atoms with Crippen molar-refractivity contribution in [3.63, 3.8) is 0 Å². The molecule has 2 rings (SSSR count). The summed E-state index contributed by atoms with van der Waals surface area (Å²) in [5.41, 5.74) is 0.902. The van der Waals surface area contributed by atoms with Crippen LogP contribution in [-0.2, 0) is 0 Å². The highest BCUT2D eigenvalue weighted by Crippen LogP contribution is 2.27. The van der Waals surface area contributed by atoms with E-state index in [-0.39, 0.29) is 30.8 Å². The first-order valence-corrected chi connectivity index (χ1v) is 6.81. The van der Waals surface area contributed by atoms with Crippen molar-refractivity contribution in [1.82, 2.24) is 10.2 Å². The van der Waals surface area contributed by atoms with Crippen LogP contribution in [-0.4, -0.2) is 49.4 Å². The average Bonchev–Trinajstić information content (AvgIpc) is 2.45. The van der Waals surface area contributed by atoms with Gasteiger partial charge in [0, 0.05) is 38.8 Å². The molecule has 1 aromatic carbocycles.